The fourth-order valence-electron chi connectivity index (χ4n) is 2.23. The molecule has 0 radical (unpaired) electrons. The molecule has 3 heteroatoms. The molecule has 74 valence electrons. The zero-order valence-electron chi connectivity index (χ0n) is 7.98. The summed E-state index contributed by atoms with van der Waals surface area (Å²) in [5, 5.41) is 0. The Kier molecular flexibility index (Phi) is 2.67. The largest absolute Gasteiger partial charge is 0.373 e. The van der Waals surface area contributed by atoms with Gasteiger partial charge in [-0.1, -0.05) is 6.08 Å². The number of ether oxygens (including phenoxy) is 1. The van der Waals surface area contributed by atoms with Crippen LogP contribution in [-0.4, -0.2) is 42.8 Å². The molecule has 3 unspecified atom stereocenters. The Hall–Kier alpha value is -0.380. The SMILES string of the molecule is C=CC(N)C1CN2CCCC2CO1. The van der Waals surface area contributed by atoms with E-state index in [-0.39, 0.29) is 12.1 Å². The van der Waals surface area contributed by atoms with Crippen LogP contribution in [0.4, 0.5) is 0 Å². The lowest BCUT2D eigenvalue weighted by molar-refractivity contribution is -0.0529. The monoisotopic (exact) mass is 182 g/mol. The molecule has 13 heavy (non-hydrogen) atoms. The highest BCUT2D eigenvalue weighted by molar-refractivity contribution is 4.95. The Balaban J connectivity index is 1.93. The Morgan fingerprint density at radius 2 is 2.46 bits per heavy atom. The number of rotatable bonds is 2. The van der Waals surface area contributed by atoms with Crippen LogP contribution in [0, 0.1) is 0 Å². The quantitative estimate of drug-likeness (QED) is 0.627. The number of fused-ring (bicyclic) bond motifs is 1. The Morgan fingerprint density at radius 3 is 3.23 bits per heavy atom. The lowest BCUT2D eigenvalue weighted by atomic mass is 10.1. The van der Waals surface area contributed by atoms with Crippen molar-refractivity contribution < 1.29 is 4.74 Å². The highest BCUT2D eigenvalue weighted by atomic mass is 16.5. The first-order valence-corrected chi connectivity index (χ1v) is 5.05. The number of nitrogens with two attached hydrogens (primary N) is 1. The van der Waals surface area contributed by atoms with Gasteiger partial charge in [-0.25, -0.2) is 0 Å². The highest BCUT2D eigenvalue weighted by Gasteiger charge is 2.33. The van der Waals surface area contributed by atoms with Crippen LogP contribution in [0.2, 0.25) is 0 Å². The van der Waals surface area contributed by atoms with Gasteiger partial charge in [0.15, 0.2) is 0 Å². The third-order valence-electron chi connectivity index (χ3n) is 3.12. The maximum Gasteiger partial charge on any atom is 0.0889 e. The molecule has 2 saturated heterocycles. The molecule has 0 aliphatic carbocycles. The Morgan fingerprint density at radius 1 is 1.62 bits per heavy atom. The molecule has 0 aromatic carbocycles. The van der Waals surface area contributed by atoms with Gasteiger partial charge < -0.3 is 10.5 Å². The Labute approximate surface area is 79.5 Å². The van der Waals surface area contributed by atoms with Gasteiger partial charge in [0.1, 0.15) is 0 Å². The van der Waals surface area contributed by atoms with Crippen molar-refractivity contribution in [3.63, 3.8) is 0 Å². The van der Waals surface area contributed by atoms with Gasteiger partial charge in [-0.2, -0.15) is 0 Å². The lowest BCUT2D eigenvalue weighted by Crippen LogP contribution is -2.52. The molecule has 2 aliphatic heterocycles. The van der Waals surface area contributed by atoms with Gasteiger partial charge in [-0.15, -0.1) is 6.58 Å². The van der Waals surface area contributed by atoms with E-state index in [0.717, 1.165) is 13.2 Å². The minimum absolute atomic E-state index is 0.0125. The summed E-state index contributed by atoms with van der Waals surface area (Å²) in [6, 6.07) is 0.648. The first kappa shape index (κ1) is 9.19. The second-order valence-electron chi connectivity index (χ2n) is 3.98. The molecule has 3 nitrogen and oxygen atoms in total. The molecule has 0 amide bonds. The molecule has 2 fully saturated rings. The van der Waals surface area contributed by atoms with Gasteiger partial charge in [0.2, 0.25) is 0 Å². The van der Waals surface area contributed by atoms with Crippen LogP contribution in [0.1, 0.15) is 12.8 Å². The summed E-state index contributed by atoms with van der Waals surface area (Å²) in [5.74, 6) is 0. The van der Waals surface area contributed by atoms with Gasteiger partial charge in [0.05, 0.1) is 18.8 Å². The predicted octanol–water partition coefficient (Wildman–Crippen LogP) is 0.363. The number of morpholine rings is 1. The minimum atomic E-state index is -0.0125. The van der Waals surface area contributed by atoms with E-state index in [0.29, 0.717) is 6.04 Å². The molecular weight excluding hydrogens is 164 g/mol. The van der Waals surface area contributed by atoms with E-state index in [4.69, 9.17) is 10.5 Å². The highest BCUT2D eigenvalue weighted by Crippen LogP contribution is 2.23. The standard InChI is InChI=1S/C10H18N2O/c1-2-9(11)10-6-12-5-3-4-8(12)7-13-10/h2,8-10H,1,3-7,11H2. The number of hydrogen-bond donors (Lipinski definition) is 1. The summed E-state index contributed by atoms with van der Waals surface area (Å²) < 4.78 is 5.71. The molecule has 2 rings (SSSR count). The fourth-order valence-corrected chi connectivity index (χ4v) is 2.23. The molecule has 2 aliphatic rings. The molecular formula is C10H18N2O. The number of nitrogens with zero attached hydrogens (tertiary/aromatic N) is 1. The van der Waals surface area contributed by atoms with Gasteiger partial charge >= 0.3 is 0 Å². The van der Waals surface area contributed by atoms with Crippen molar-refractivity contribution in [1.82, 2.24) is 4.90 Å². The van der Waals surface area contributed by atoms with Gasteiger partial charge in [0, 0.05) is 12.6 Å². The van der Waals surface area contributed by atoms with E-state index in [1.807, 2.05) is 0 Å². The van der Waals surface area contributed by atoms with Crippen LogP contribution in [-0.2, 0) is 4.74 Å². The van der Waals surface area contributed by atoms with E-state index >= 15 is 0 Å². The van der Waals surface area contributed by atoms with Crippen molar-refractivity contribution in [3.05, 3.63) is 12.7 Å². The third kappa shape index (κ3) is 1.77. The van der Waals surface area contributed by atoms with Crippen molar-refractivity contribution in [2.45, 2.75) is 31.0 Å². The van der Waals surface area contributed by atoms with E-state index in [2.05, 4.69) is 11.5 Å². The molecule has 2 N–H and O–H groups in total. The van der Waals surface area contributed by atoms with Crippen molar-refractivity contribution in [3.8, 4) is 0 Å². The maximum atomic E-state index is 5.86. The topological polar surface area (TPSA) is 38.5 Å². The summed E-state index contributed by atoms with van der Waals surface area (Å²) in [4.78, 5) is 2.50. The van der Waals surface area contributed by atoms with Crippen molar-refractivity contribution in [1.29, 1.82) is 0 Å². The first-order chi connectivity index (χ1) is 6.31. The van der Waals surface area contributed by atoms with Gasteiger partial charge in [0.25, 0.3) is 0 Å². The van der Waals surface area contributed by atoms with Crippen LogP contribution in [0.15, 0.2) is 12.7 Å². The molecule has 0 bridgehead atoms. The van der Waals surface area contributed by atoms with Crippen LogP contribution in [0.3, 0.4) is 0 Å². The molecule has 2 heterocycles. The summed E-state index contributed by atoms with van der Waals surface area (Å²) >= 11 is 0. The maximum absolute atomic E-state index is 5.86. The summed E-state index contributed by atoms with van der Waals surface area (Å²) in [6.45, 7) is 6.75. The van der Waals surface area contributed by atoms with Crippen molar-refractivity contribution in [2.75, 3.05) is 19.7 Å². The van der Waals surface area contributed by atoms with Crippen molar-refractivity contribution in [2.24, 2.45) is 5.73 Å². The second kappa shape index (κ2) is 3.78. The minimum Gasteiger partial charge on any atom is -0.373 e. The zero-order valence-corrected chi connectivity index (χ0v) is 7.98. The van der Waals surface area contributed by atoms with Crippen LogP contribution >= 0.6 is 0 Å². The molecule has 3 atom stereocenters. The second-order valence-corrected chi connectivity index (χ2v) is 3.98. The van der Waals surface area contributed by atoms with Crippen LogP contribution in [0.5, 0.6) is 0 Å². The summed E-state index contributed by atoms with van der Waals surface area (Å²) in [6.07, 6.45) is 4.54. The van der Waals surface area contributed by atoms with E-state index in [1.165, 1.54) is 19.4 Å². The average Bonchev–Trinajstić information content (AvgIpc) is 2.63. The Bertz CT molecular complexity index is 195. The van der Waals surface area contributed by atoms with Crippen LogP contribution < -0.4 is 5.73 Å². The summed E-state index contributed by atoms with van der Waals surface area (Å²) in [5.41, 5.74) is 5.86. The molecule has 0 spiro atoms. The zero-order chi connectivity index (χ0) is 9.26. The smallest absolute Gasteiger partial charge is 0.0889 e. The average molecular weight is 182 g/mol. The summed E-state index contributed by atoms with van der Waals surface area (Å²) in [7, 11) is 0. The molecule has 0 saturated carbocycles. The lowest BCUT2D eigenvalue weighted by Gasteiger charge is -2.36. The van der Waals surface area contributed by atoms with Crippen molar-refractivity contribution >= 4 is 0 Å². The predicted molar refractivity (Wildman–Crippen MR) is 52.5 cm³/mol. The normalized spacial score (nSPS) is 37.0. The van der Waals surface area contributed by atoms with E-state index in [1.54, 1.807) is 6.08 Å². The molecule has 0 aromatic heterocycles. The van der Waals surface area contributed by atoms with Crippen LogP contribution in [0.25, 0.3) is 0 Å². The third-order valence-corrected chi connectivity index (χ3v) is 3.12. The fraction of sp³-hybridized carbons (Fsp3) is 0.800. The van der Waals surface area contributed by atoms with Gasteiger partial charge in [-0.3, -0.25) is 4.90 Å². The number of hydrogen-bond acceptors (Lipinski definition) is 3. The van der Waals surface area contributed by atoms with E-state index < -0.39 is 0 Å². The molecule has 0 aromatic rings. The first-order valence-electron chi connectivity index (χ1n) is 5.05. The van der Waals surface area contributed by atoms with E-state index in [9.17, 15) is 0 Å². The van der Waals surface area contributed by atoms with Gasteiger partial charge in [-0.05, 0) is 19.4 Å².